The first-order valence-corrected chi connectivity index (χ1v) is 8.78. The second kappa shape index (κ2) is 12.1. The number of nitrogens with one attached hydrogen (secondary N) is 1. The maximum absolute atomic E-state index is 6.04. The molecule has 21 heavy (non-hydrogen) atoms. The molecule has 0 bridgehead atoms. The van der Waals surface area contributed by atoms with Crippen LogP contribution in [0.3, 0.4) is 0 Å². The fourth-order valence-corrected chi connectivity index (χ4v) is 2.57. The van der Waals surface area contributed by atoms with Crippen molar-refractivity contribution < 1.29 is 4.74 Å². The van der Waals surface area contributed by atoms with Crippen LogP contribution in [0, 0.1) is 0 Å². The van der Waals surface area contributed by atoms with Crippen molar-refractivity contribution >= 4 is 23.2 Å². The van der Waals surface area contributed by atoms with E-state index in [1.54, 1.807) is 12.1 Å². The molecule has 2 nitrogen and oxygen atoms in total. The first-order valence-electron chi connectivity index (χ1n) is 8.02. The molecule has 0 heterocycles. The van der Waals surface area contributed by atoms with E-state index < -0.39 is 0 Å². The van der Waals surface area contributed by atoms with Crippen molar-refractivity contribution in [1.29, 1.82) is 0 Å². The van der Waals surface area contributed by atoms with Gasteiger partial charge in [0.1, 0.15) is 5.75 Å². The number of unbranched alkanes of at least 4 members (excludes halogenated alkanes) is 5. The van der Waals surface area contributed by atoms with E-state index in [1.165, 1.54) is 32.1 Å². The first kappa shape index (κ1) is 18.6. The summed E-state index contributed by atoms with van der Waals surface area (Å²) in [7, 11) is 0. The van der Waals surface area contributed by atoms with Crippen LogP contribution < -0.4 is 10.1 Å². The van der Waals surface area contributed by atoms with Crippen LogP contribution in [0.15, 0.2) is 18.2 Å². The van der Waals surface area contributed by atoms with Gasteiger partial charge in [0, 0.05) is 5.02 Å². The van der Waals surface area contributed by atoms with E-state index in [2.05, 4.69) is 12.2 Å². The number of halogens is 2. The summed E-state index contributed by atoms with van der Waals surface area (Å²) in [6, 6.07) is 5.32. The van der Waals surface area contributed by atoms with Crippen molar-refractivity contribution in [2.75, 3.05) is 19.7 Å². The van der Waals surface area contributed by atoms with Gasteiger partial charge in [0.2, 0.25) is 0 Å². The molecule has 0 amide bonds. The van der Waals surface area contributed by atoms with E-state index in [-0.39, 0.29) is 0 Å². The summed E-state index contributed by atoms with van der Waals surface area (Å²) in [5.74, 6) is 0.713. The SMILES string of the molecule is CCCCCCCNCCCCOc1ccc(Cl)cc1Cl. The Balaban J connectivity index is 1.93. The molecule has 0 aliphatic carbocycles. The van der Waals surface area contributed by atoms with Crippen LogP contribution >= 0.6 is 23.2 Å². The summed E-state index contributed by atoms with van der Waals surface area (Å²) in [6.07, 6.45) is 8.83. The van der Waals surface area contributed by atoms with Crippen LogP contribution in [0.1, 0.15) is 51.9 Å². The maximum atomic E-state index is 6.04. The van der Waals surface area contributed by atoms with Crippen LogP contribution in [-0.2, 0) is 0 Å². The van der Waals surface area contributed by atoms with Crippen molar-refractivity contribution in [2.45, 2.75) is 51.9 Å². The van der Waals surface area contributed by atoms with Gasteiger partial charge < -0.3 is 10.1 Å². The lowest BCUT2D eigenvalue weighted by molar-refractivity contribution is 0.306. The molecule has 0 aromatic heterocycles. The van der Waals surface area contributed by atoms with Crippen LogP contribution in [0.2, 0.25) is 10.0 Å². The molecule has 1 rings (SSSR count). The Morgan fingerprint density at radius 3 is 2.38 bits per heavy atom. The van der Waals surface area contributed by atoms with E-state index in [0.29, 0.717) is 22.4 Å². The highest BCUT2D eigenvalue weighted by Crippen LogP contribution is 2.27. The first-order chi connectivity index (χ1) is 10.2. The Bertz CT molecular complexity index is 385. The van der Waals surface area contributed by atoms with E-state index in [9.17, 15) is 0 Å². The van der Waals surface area contributed by atoms with Gasteiger partial charge >= 0.3 is 0 Å². The van der Waals surface area contributed by atoms with Crippen LogP contribution in [0.25, 0.3) is 0 Å². The molecule has 1 N–H and O–H groups in total. The molecule has 0 aliphatic rings. The highest BCUT2D eigenvalue weighted by molar-refractivity contribution is 6.35. The van der Waals surface area contributed by atoms with Crippen molar-refractivity contribution in [3.05, 3.63) is 28.2 Å². The second-order valence-corrected chi connectivity index (χ2v) is 6.14. The van der Waals surface area contributed by atoms with Gasteiger partial charge in [0.25, 0.3) is 0 Å². The van der Waals surface area contributed by atoms with Gasteiger partial charge in [-0.2, -0.15) is 0 Å². The normalized spacial score (nSPS) is 10.8. The lowest BCUT2D eigenvalue weighted by Crippen LogP contribution is -2.17. The van der Waals surface area contributed by atoms with Crippen molar-refractivity contribution in [3.63, 3.8) is 0 Å². The second-order valence-electron chi connectivity index (χ2n) is 5.29. The lowest BCUT2D eigenvalue weighted by Gasteiger charge is -2.08. The Morgan fingerprint density at radius 2 is 1.67 bits per heavy atom. The summed E-state index contributed by atoms with van der Waals surface area (Å²) < 4.78 is 5.65. The van der Waals surface area contributed by atoms with Crippen molar-refractivity contribution in [1.82, 2.24) is 5.32 Å². The molecule has 0 unspecified atom stereocenters. The third-order valence-corrected chi connectivity index (χ3v) is 3.89. The lowest BCUT2D eigenvalue weighted by atomic mass is 10.1. The third kappa shape index (κ3) is 9.23. The quantitative estimate of drug-likeness (QED) is 0.495. The van der Waals surface area contributed by atoms with Gasteiger partial charge in [-0.05, 0) is 50.6 Å². The zero-order chi connectivity index (χ0) is 15.3. The minimum Gasteiger partial charge on any atom is -0.492 e. The minimum absolute atomic E-state index is 0.577. The molecule has 0 saturated heterocycles. The smallest absolute Gasteiger partial charge is 0.137 e. The van der Waals surface area contributed by atoms with Gasteiger partial charge in [-0.3, -0.25) is 0 Å². The fraction of sp³-hybridized carbons (Fsp3) is 0.647. The number of hydrogen-bond acceptors (Lipinski definition) is 2. The molecular weight excluding hydrogens is 305 g/mol. The van der Waals surface area contributed by atoms with Crippen molar-refractivity contribution in [2.24, 2.45) is 0 Å². The van der Waals surface area contributed by atoms with Gasteiger partial charge in [-0.1, -0.05) is 55.8 Å². The van der Waals surface area contributed by atoms with E-state index in [0.717, 1.165) is 25.9 Å². The number of ether oxygens (including phenoxy) is 1. The third-order valence-electron chi connectivity index (χ3n) is 3.36. The highest BCUT2D eigenvalue weighted by Gasteiger charge is 2.01. The molecule has 4 heteroatoms. The zero-order valence-corrected chi connectivity index (χ0v) is 14.5. The topological polar surface area (TPSA) is 21.3 Å². The fourth-order valence-electron chi connectivity index (χ4n) is 2.11. The molecule has 1 aromatic carbocycles. The van der Waals surface area contributed by atoms with E-state index >= 15 is 0 Å². The van der Waals surface area contributed by atoms with Gasteiger partial charge in [-0.15, -0.1) is 0 Å². The molecule has 120 valence electrons. The zero-order valence-electron chi connectivity index (χ0n) is 13.0. The summed E-state index contributed by atoms with van der Waals surface area (Å²) >= 11 is 11.9. The Kier molecular flexibility index (Phi) is 10.8. The predicted octanol–water partition coefficient (Wildman–Crippen LogP) is 5.71. The van der Waals surface area contributed by atoms with Crippen LogP contribution in [-0.4, -0.2) is 19.7 Å². The molecular formula is C17H27Cl2NO. The Hall–Kier alpha value is -0.440. The van der Waals surface area contributed by atoms with Gasteiger partial charge in [0.15, 0.2) is 0 Å². The molecule has 0 atom stereocenters. The number of benzene rings is 1. The average Bonchev–Trinajstić information content (AvgIpc) is 2.46. The summed E-state index contributed by atoms with van der Waals surface area (Å²) in [4.78, 5) is 0. The molecule has 0 spiro atoms. The molecule has 1 aromatic rings. The Labute approximate surface area is 139 Å². The monoisotopic (exact) mass is 331 g/mol. The standard InChI is InChI=1S/C17H27Cl2NO/c1-2-3-4-5-6-11-20-12-7-8-13-21-17-10-9-15(18)14-16(17)19/h9-10,14,20H,2-8,11-13H2,1H3. The van der Waals surface area contributed by atoms with Crippen LogP contribution in [0.5, 0.6) is 5.75 Å². The number of rotatable bonds is 12. The van der Waals surface area contributed by atoms with Crippen LogP contribution in [0.4, 0.5) is 0 Å². The van der Waals surface area contributed by atoms with Gasteiger partial charge in [-0.25, -0.2) is 0 Å². The summed E-state index contributed by atoms with van der Waals surface area (Å²) in [5, 5.41) is 4.69. The van der Waals surface area contributed by atoms with E-state index in [4.69, 9.17) is 27.9 Å². The maximum Gasteiger partial charge on any atom is 0.137 e. The largest absolute Gasteiger partial charge is 0.492 e. The minimum atomic E-state index is 0.577. The molecule has 0 saturated carbocycles. The predicted molar refractivity (Wildman–Crippen MR) is 92.8 cm³/mol. The Morgan fingerprint density at radius 1 is 0.952 bits per heavy atom. The molecule has 0 radical (unpaired) electrons. The molecule has 0 aliphatic heterocycles. The van der Waals surface area contributed by atoms with Gasteiger partial charge in [0.05, 0.1) is 11.6 Å². The molecule has 0 fully saturated rings. The van der Waals surface area contributed by atoms with E-state index in [1.807, 2.05) is 6.07 Å². The number of hydrogen-bond donors (Lipinski definition) is 1. The summed E-state index contributed by atoms with van der Waals surface area (Å²) in [5.41, 5.74) is 0. The highest BCUT2D eigenvalue weighted by atomic mass is 35.5. The summed E-state index contributed by atoms with van der Waals surface area (Å²) in [6.45, 7) is 5.14. The average molecular weight is 332 g/mol. The van der Waals surface area contributed by atoms with Crippen molar-refractivity contribution in [3.8, 4) is 5.75 Å².